The molecule has 1 aliphatic rings. The van der Waals surface area contributed by atoms with Crippen molar-refractivity contribution in [3.05, 3.63) is 47.5 Å². The minimum absolute atomic E-state index is 0.171. The van der Waals surface area contributed by atoms with Crippen molar-refractivity contribution in [3.8, 4) is 5.75 Å². The lowest BCUT2D eigenvalue weighted by Gasteiger charge is -2.34. The molecule has 1 saturated heterocycles. The fraction of sp³-hybridized carbons (Fsp3) is 0.500. The number of unbranched alkanes of at least 4 members (excludes halogenated alkanes) is 1. The van der Waals surface area contributed by atoms with Crippen molar-refractivity contribution in [2.75, 3.05) is 26.7 Å². The Morgan fingerprint density at radius 1 is 1.27 bits per heavy atom. The zero-order valence-electron chi connectivity index (χ0n) is 15.7. The molecule has 1 aromatic carbocycles. The van der Waals surface area contributed by atoms with Gasteiger partial charge in [-0.15, -0.1) is 0 Å². The second-order valence-electron chi connectivity index (χ2n) is 6.84. The molecule has 3 rings (SSSR count). The molecule has 0 unspecified atom stereocenters. The van der Waals surface area contributed by atoms with Crippen LogP contribution in [0.3, 0.4) is 0 Å². The summed E-state index contributed by atoms with van der Waals surface area (Å²) in [6.45, 7) is 5.63. The lowest BCUT2D eigenvalue weighted by atomic mass is 10.2. The van der Waals surface area contributed by atoms with Crippen molar-refractivity contribution in [3.63, 3.8) is 0 Å². The molecule has 6 nitrogen and oxygen atoms in total. The molecule has 2 aromatic rings. The number of amides is 1. The molecular formula is C20H28N4O2. The van der Waals surface area contributed by atoms with E-state index >= 15 is 0 Å². The molecule has 1 aromatic heterocycles. The van der Waals surface area contributed by atoms with E-state index in [-0.39, 0.29) is 5.91 Å². The van der Waals surface area contributed by atoms with Gasteiger partial charge in [-0.25, -0.2) is 4.98 Å². The number of aromatic amines is 1. The van der Waals surface area contributed by atoms with Crippen LogP contribution in [0.2, 0.25) is 0 Å². The molecule has 26 heavy (non-hydrogen) atoms. The van der Waals surface area contributed by atoms with E-state index in [0.717, 1.165) is 55.3 Å². The second kappa shape index (κ2) is 8.85. The van der Waals surface area contributed by atoms with Gasteiger partial charge >= 0.3 is 0 Å². The average Bonchev–Trinajstić information content (AvgIpc) is 3.10. The predicted octanol–water partition coefficient (Wildman–Crippen LogP) is 2.61. The summed E-state index contributed by atoms with van der Waals surface area (Å²) in [5.41, 5.74) is 2.19. The van der Waals surface area contributed by atoms with Crippen LogP contribution in [0.25, 0.3) is 0 Å². The van der Waals surface area contributed by atoms with Gasteiger partial charge < -0.3 is 14.6 Å². The highest BCUT2D eigenvalue weighted by atomic mass is 16.5. The van der Waals surface area contributed by atoms with Crippen molar-refractivity contribution in [1.82, 2.24) is 19.8 Å². The zero-order chi connectivity index (χ0) is 18.4. The number of imidazole rings is 1. The number of nitrogens with zero attached hydrogens (tertiary/aromatic N) is 3. The van der Waals surface area contributed by atoms with Crippen LogP contribution in [-0.2, 0) is 24.3 Å². The van der Waals surface area contributed by atoms with Gasteiger partial charge in [0.25, 0.3) is 0 Å². The smallest absolute Gasteiger partial charge is 0.237 e. The number of H-pyrrole nitrogens is 1. The standard InChI is InChI=1S/C20H28N4O2/c1-3-4-8-19-21-12-17(22-19)14-23-9-10-24(20(25)15-23)13-16-6-5-7-18(11-16)26-2/h5-7,11-12H,3-4,8-10,13-15H2,1-2H3,(H,21,22). The maximum Gasteiger partial charge on any atom is 0.237 e. The Balaban J connectivity index is 1.51. The molecule has 1 fully saturated rings. The van der Waals surface area contributed by atoms with Crippen LogP contribution in [0.5, 0.6) is 5.75 Å². The number of carbonyl (C=O) groups excluding carboxylic acids is 1. The maximum absolute atomic E-state index is 12.5. The molecule has 0 radical (unpaired) electrons. The number of hydrogen-bond acceptors (Lipinski definition) is 4. The molecule has 6 heteroatoms. The van der Waals surface area contributed by atoms with Gasteiger partial charge in [0.15, 0.2) is 0 Å². The van der Waals surface area contributed by atoms with E-state index in [0.29, 0.717) is 13.1 Å². The fourth-order valence-corrected chi connectivity index (χ4v) is 3.25. The number of hydrogen-bond donors (Lipinski definition) is 1. The summed E-state index contributed by atoms with van der Waals surface area (Å²) in [6, 6.07) is 7.90. The third kappa shape index (κ3) is 4.85. The van der Waals surface area contributed by atoms with Crippen molar-refractivity contribution in [1.29, 1.82) is 0 Å². The number of nitrogens with one attached hydrogen (secondary N) is 1. The van der Waals surface area contributed by atoms with Crippen LogP contribution in [0.15, 0.2) is 30.5 Å². The molecule has 1 aliphatic heterocycles. The van der Waals surface area contributed by atoms with E-state index in [4.69, 9.17) is 4.74 Å². The third-order valence-corrected chi connectivity index (χ3v) is 4.75. The van der Waals surface area contributed by atoms with Gasteiger partial charge in [-0.2, -0.15) is 0 Å². The molecule has 0 spiro atoms. The van der Waals surface area contributed by atoms with Gasteiger partial charge in [-0.3, -0.25) is 9.69 Å². The Labute approximate surface area is 155 Å². The van der Waals surface area contributed by atoms with E-state index in [2.05, 4.69) is 21.8 Å². The molecule has 1 N–H and O–H groups in total. The van der Waals surface area contributed by atoms with Crippen LogP contribution in [0, 0.1) is 0 Å². The molecule has 0 atom stereocenters. The van der Waals surface area contributed by atoms with Crippen LogP contribution >= 0.6 is 0 Å². The number of methoxy groups -OCH3 is 1. The SMILES string of the molecule is CCCCc1ncc(CN2CCN(Cc3cccc(OC)c3)C(=O)C2)[nH]1. The highest BCUT2D eigenvalue weighted by molar-refractivity contribution is 5.79. The molecule has 0 saturated carbocycles. The Bertz CT molecular complexity index is 728. The van der Waals surface area contributed by atoms with Crippen LogP contribution in [0.1, 0.15) is 36.8 Å². The zero-order valence-corrected chi connectivity index (χ0v) is 15.7. The van der Waals surface area contributed by atoms with Gasteiger partial charge in [0.1, 0.15) is 11.6 Å². The number of aromatic nitrogens is 2. The Morgan fingerprint density at radius 3 is 2.92 bits per heavy atom. The largest absolute Gasteiger partial charge is 0.497 e. The number of carbonyl (C=O) groups is 1. The summed E-state index contributed by atoms with van der Waals surface area (Å²) >= 11 is 0. The average molecular weight is 356 g/mol. The summed E-state index contributed by atoms with van der Waals surface area (Å²) in [4.78, 5) is 24.4. The first-order valence-electron chi connectivity index (χ1n) is 9.33. The number of benzene rings is 1. The molecule has 2 heterocycles. The number of ether oxygens (including phenoxy) is 1. The lowest BCUT2D eigenvalue weighted by molar-refractivity contribution is -0.136. The van der Waals surface area contributed by atoms with Crippen LogP contribution < -0.4 is 4.74 Å². The minimum Gasteiger partial charge on any atom is -0.497 e. The van der Waals surface area contributed by atoms with Gasteiger partial charge in [-0.1, -0.05) is 25.5 Å². The monoisotopic (exact) mass is 356 g/mol. The van der Waals surface area contributed by atoms with E-state index in [1.54, 1.807) is 7.11 Å². The summed E-state index contributed by atoms with van der Waals surface area (Å²) in [6.07, 6.45) is 5.20. The molecule has 0 aliphatic carbocycles. The quantitative estimate of drug-likeness (QED) is 0.790. The van der Waals surface area contributed by atoms with Crippen LogP contribution in [0.4, 0.5) is 0 Å². The summed E-state index contributed by atoms with van der Waals surface area (Å²) in [5, 5.41) is 0. The third-order valence-electron chi connectivity index (χ3n) is 4.75. The van der Waals surface area contributed by atoms with Gasteiger partial charge in [-0.05, 0) is 24.1 Å². The topological polar surface area (TPSA) is 61.5 Å². The Morgan fingerprint density at radius 2 is 2.15 bits per heavy atom. The first kappa shape index (κ1) is 18.5. The summed E-state index contributed by atoms with van der Waals surface area (Å²) in [7, 11) is 1.66. The highest BCUT2D eigenvalue weighted by Crippen LogP contribution is 2.16. The summed E-state index contributed by atoms with van der Waals surface area (Å²) in [5.74, 6) is 2.04. The van der Waals surface area contributed by atoms with Gasteiger partial charge in [0.2, 0.25) is 5.91 Å². The van der Waals surface area contributed by atoms with E-state index < -0.39 is 0 Å². The maximum atomic E-state index is 12.5. The summed E-state index contributed by atoms with van der Waals surface area (Å²) < 4.78 is 5.26. The van der Waals surface area contributed by atoms with Crippen molar-refractivity contribution in [2.24, 2.45) is 0 Å². The Hall–Kier alpha value is -2.34. The first-order valence-corrected chi connectivity index (χ1v) is 9.33. The minimum atomic E-state index is 0.171. The fourth-order valence-electron chi connectivity index (χ4n) is 3.25. The van der Waals surface area contributed by atoms with Crippen LogP contribution in [-0.4, -0.2) is 52.4 Å². The lowest BCUT2D eigenvalue weighted by Crippen LogP contribution is -2.49. The molecule has 0 bridgehead atoms. The molecular weight excluding hydrogens is 328 g/mol. The van der Waals surface area contributed by atoms with E-state index in [1.807, 2.05) is 35.4 Å². The van der Waals surface area contributed by atoms with Crippen molar-refractivity contribution < 1.29 is 9.53 Å². The predicted molar refractivity (Wildman–Crippen MR) is 101 cm³/mol. The number of rotatable bonds is 8. The second-order valence-corrected chi connectivity index (χ2v) is 6.84. The van der Waals surface area contributed by atoms with Crippen molar-refractivity contribution in [2.45, 2.75) is 39.3 Å². The van der Waals surface area contributed by atoms with E-state index in [1.165, 1.54) is 6.42 Å². The Kier molecular flexibility index (Phi) is 6.28. The molecule has 140 valence electrons. The molecule has 1 amide bonds. The number of piperazine rings is 1. The van der Waals surface area contributed by atoms with E-state index in [9.17, 15) is 4.79 Å². The normalized spacial score (nSPS) is 15.5. The first-order chi connectivity index (χ1) is 12.7. The van der Waals surface area contributed by atoms with Gasteiger partial charge in [0.05, 0.1) is 13.7 Å². The van der Waals surface area contributed by atoms with Gasteiger partial charge in [0, 0.05) is 44.5 Å². The van der Waals surface area contributed by atoms with Crippen molar-refractivity contribution >= 4 is 5.91 Å². The number of aryl methyl sites for hydroxylation is 1. The highest BCUT2D eigenvalue weighted by Gasteiger charge is 2.24.